The molecule has 41 heavy (non-hydrogen) atoms. The number of halogens is 2. The van der Waals surface area contributed by atoms with Crippen LogP contribution in [0.1, 0.15) is 18.5 Å². The van der Waals surface area contributed by atoms with Gasteiger partial charge in [-0.25, -0.2) is 15.0 Å². The van der Waals surface area contributed by atoms with Crippen molar-refractivity contribution >= 4 is 45.7 Å². The maximum Gasteiger partial charge on any atom is 0.237 e. The van der Waals surface area contributed by atoms with Gasteiger partial charge in [0, 0.05) is 54.4 Å². The monoisotopic (exact) mass is 586 g/mol. The predicted molar refractivity (Wildman–Crippen MR) is 163 cm³/mol. The second kappa shape index (κ2) is 12.3. The van der Waals surface area contributed by atoms with Gasteiger partial charge in [-0.3, -0.25) is 9.97 Å². The number of methoxy groups -OCH3 is 1. The molecule has 5 aromatic rings. The molecule has 1 aliphatic rings. The van der Waals surface area contributed by atoms with Crippen LogP contribution in [0.5, 0.6) is 5.88 Å². The molecule has 2 aromatic carbocycles. The smallest absolute Gasteiger partial charge is 0.237 e. The topological polar surface area (TPSA) is 110 Å². The van der Waals surface area contributed by atoms with E-state index in [1.54, 1.807) is 31.9 Å². The van der Waals surface area contributed by atoms with E-state index in [4.69, 9.17) is 32.9 Å². The number of hydrogen-bond acceptors (Lipinski definition) is 9. The Hall–Kier alpha value is -3.89. The lowest BCUT2D eigenvalue weighted by molar-refractivity contribution is 0.386. The molecule has 9 nitrogen and oxygen atoms in total. The third kappa shape index (κ3) is 5.80. The first-order chi connectivity index (χ1) is 20.1. The molecule has 0 radical (unpaired) electrons. The molecular formula is C30H28Cl2N8O. The van der Waals surface area contributed by atoms with Gasteiger partial charge in [-0.15, -0.1) is 0 Å². The molecule has 0 amide bonds. The van der Waals surface area contributed by atoms with Gasteiger partial charge in [0.05, 0.1) is 40.2 Å². The molecule has 0 aliphatic carbocycles. The molecule has 1 aliphatic heterocycles. The largest absolute Gasteiger partial charge is 0.480 e. The first-order valence-electron chi connectivity index (χ1n) is 13.4. The lowest BCUT2D eigenvalue weighted by atomic mass is 10.0. The standard InChI is InChI=1S/C30H28Cl2N8O/c1-41-30-25(16-33-15-18-5-4-11-34-18)38-17-24(40-30)21-8-2-6-19(26(21)31)20-7-3-9-22(27(20)32)39-29-28-23(10-12-37-29)35-13-14-36-28/h2-3,6-10,12-14,17-18,33-34H,4-5,11,15-16H2,1H3,(H,37,39)/t18-/m0/s1. The van der Waals surface area contributed by atoms with Crippen molar-refractivity contribution in [1.29, 1.82) is 0 Å². The zero-order valence-electron chi connectivity index (χ0n) is 22.4. The highest BCUT2D eigenvalue weighted by Gasteiger charge is 2.18. The van der Waals surface area contributed by atoms with E-state index in [1.165, 1.54) is 12.8 Å². The van der Waals surface area contributed by atoms with Crippen LogP contribution in [0.3, 0.4) is 0 Å². The number of nitrogens with zero attached hydrogens (tertiary/aromatic N) is 5. The number of anilines is 2. The van der Waals surface area contributed by atoms with Crippen LogP contribution in [0.2, 0.25) is 10.0 Å². The van der Waals surface area contributed by atoms with E-state index in [0.717, 1.165) is 41.0 Å². The van der Waals surface area contributed by atoms with Gasteiger partial charge in [-0.1, -0.05) is 53.5 Å². The van der Waals surface area contributed by atoms with Gasteiger partial charge < -0.3 is 20.7 Å². The van der Waals surface area contributed by atoms with E-state index in [2.05, 4.69) is 35.9 Å². The molecule has 1 atom stereocenters. The Balaban J connectivity index is 1.28. The highest BCUT2D eigenvalue weighted by molar-refractivity contribution is 6.39. The van der Waals surface area contributed by atoms with Crippen LogP contribution in [-0.4, -0.2) is 51.2 Å². The lowest BCUT2D eigenvalue weighted by Crippen LogP contribution is -2.33. The van der Waals surface area contributed by atoms with Gasteiger partial charge in [0.15, 0.2) is 5.82 Å². The van der Waals surface area contributed by atoms with Crippen LogP contribution < -0.4 is 20.7 Å². The summed E-state index contributed by atoms with van der Waals surface area (Å²) in [7, 11) is 1.60. The molecule has 1 fully saturated rings. The fraction of sp³-hybridized carbons (Fsp3) is 0.233. The van der Waals surface area contributed by atoms with Gasteiger partial charge >= 0.3 is 0 Å². The minimum absolute atomic E-state index is 0.464. The Morgan fingerprint density at radius 2 is 1.73 bits per heavy atom. The third-order valence-corrected chi connectivity index (χ3v) is 7.87. The van der Waals surface area contributed by atoms with Gasteiger partial charge in [0.2, 0.25) is 5.88 Å². The zero-order chi connectivity index (χ0) is 28.2. The van der Waals surface area contributed by atoms with E-state index >= 15 is 0 Å². The summed E-state index contributed by atoms with van der Waals surface area (Å²) >= 11 is 13.9. The van der Waals surface area contributed by atoms with Crippen LogP contribution in [-0.2, 0) is 6.54 Å². The molecule has 0 saturated carbocycles. The Labute approximate surface area is 247 Å². The number of pyridine rings is 1. The molecule has 0 bridgehead atoms. The van der Waals surface area contributed by atoms with E-state index in [0.29, 0.717) is 51.2 Å². The van der Waals surface area contributed by atoms with Crippen molar-refractivity contribution in [2.24, 2.45) is 0 Å². The summed E-state index contributed by atoms with van der Waals surface area (Å²) in [5.74, 6) is 1.02. The highest BCUT2D eigenvalue weighted by Crippen LogP contribution is 2.42. The molecule has 3 N–H and O–H groups in total. The molecule has 1 saturated heterocycles. The van der Waals surface area contributed by atoms with Crippen molar-refractivity contribution in [3.8, 4) is 28.3 Å². The van der Waals surface area contributed by atoms with Crippen LogP contribution in [0.4, 0.5) is 11.5 Å². The summed E-state index contributed by atoms with van der Waals surface area (Å²) in [6.45, 7) is 2.51. The maximum absolute atomic E-state index is 6.99. The summed E-state index contributed by atoms with van der Waals surface area (Å²) in [5, 5.41) is 11.3. The molecule has 0 spiro atoms. The number of aromatic nitrogens is 5. The predicted octanol–water partition coefficient (Wildman–Crippen LogP) is 6.05. The van der Waals surface area contributed by atoms with Crippen LogP contribution in [0.15, 0.2) is 67.3 Å². The first-order valence-corrected chi connectivity index (χ1v) is 14.1. The second-order valence-electron chi connectivity index (χ2n) is 9.68. The van der Waals surface area contributed by atoms with Gasteiger partial charge in [-0.05, 0) is 31.5 Å². The molecule has 11 heteroatoms. The summed E-state index contributed by atoms with van der Waals surface area (Å²) in [6, 6.07) is 13.8. The van der Waals surface area contributed by atoms with Crippen molar-refractivity contribution in [3.05, 3.63) is 83.0 Å². The Bertz CT molecular complexity index is 1690. The summed E-state index contributed by atoms with van der Waals surface area (Å²) in [4.78, 5) is 22.6. The quantitative estimate of drug-likeness (QED) is 0.190. The Morgan fingerprint density at radius 3 is 2.56 bits per heavy atom. The van der Waals surface area contributed by atoms with Crippen LogP contribution >= 0.6 is 23.2 Å². The number of ether oxygens (including phenoxy) is 1. The number of benzene rings is 2. The number of hydrogen-bond donors (Lipinski definition) is 3. The van der Waals surface area contributed by atoms with Crippen LogP contribution in [0.25, 0.3) is 33.4 Å². The summed E-state index contributed by atoms with van der Waals surface area (Å²) < 4.78 is 5.59. The number of fused-ring (bicyclic) bond motifs is 1. The minimum Gasteiger partial charge on any atom is -0.480 e. The number of rotatable bonds is 9. The minimum atomic E-state index is 0.464. The summed E-state index contributed by atoms with van der Waals surface area (Å²) in [5.41, 5.74) is 5.66. The van der Waals surface area contributed by atoms with Crippen molar-refractivity contribution in [2.75, 3.05) is 25.5 Å². The normalized spacial score (nSPS) is 14.9. The van der Waals surface area contributed by atoms with Crippen molar-refractivity contribution in [3.63, 3.8) is 0 Å². The third-order valence-electron chi connectivity index (χ3n) is 7.05. The number of nitrogens with one attached hydrogen (secondary N) is 3. The zero-order valence-corrected chi connectivity index (χ0v) is 23.9. The SMILES string of the molecule is COc1nc(-c2cccc(-c3cccc(Nc4nccc5nccnc45)c3Cl)c2Cl)cnc1CNC[C@@H]1CCCN1. The Kier molecular flexibility index (Phi) is 8.20. The maximum atomic E-state index is 6.99. The van der Waals surface area contributed by atoms with E-state index < -0.39 is 0 Å². The van der Waals surface area contributed by atoms with E-state index in [1.807, 2.05) is 42.5 Å². The average Bonchev–Trinajstić information content (AvgIpc) is 3.53. The van der Waals surface area contributed by atoms with Crippen molar-refractivity contribution in [2.45, 2.75) is 25.4 Å². The van der Waals surface area contributed by atoms with Crippen LogP contribution in [0, 0.1) is 0 Å². The molecule has 6 rings (SSSR count). The molecule has 0 unspecified atom stereocenters. The van der Waals surface area contributed by atoms with Gasteiger partial charge in [0.1, 0.15) is 11.2 Å². The van der Waals surface area contributed by atoms with E-state index in [-0.39, 0.29) is 0 Å². The average molecular weight is 588 g/mol. The van der Waals surface area contributed by atoms with Gasteiger partial charge in [-0.2, -0.15) is 0 Å². The fourth-order valence-corrected chi connectivity index (χ4v) is 5.60. The van der Waals surface area contributed by atoms with Crippen molar-refractivity contribution in [1.82, 2.24) is 35.6 Å². The Morgan fingerprint density at radius 1 is 0.927 bits per heavy atom. The molecular weight excluding hydrogens is 559 g/mol. The fourth-order valence-electron chi connectivity index (χ4n) is 5.00. The highest BCUT2D eigenvalue weighted by atomic mass is 35.5. The molecule has 3 aromatic heterocycles. The summed E-state index contributed by atoms with van der Waals surface area (Å²) in [6.07, 6.45) is 9.08. The first kappa shape index (κ1) is 27.3. The lowest BCUT2D eigenvalue weighted by Gasteiger charge is -2.15. The van der Waals surface area contributed by atoms with Gasteiger partial charge in [0.25, 0.3) is 0 Å². The molecule has 4 heterocycles. The molecule has 208 valence electrons. The second-order valence-corrected chi connectivity index (χ2v) is 10.4. The van der Waals surface area contributed by atoms with E-state index in [9.17, 15) is 0 Å². The van der Waals surface area contributed by atoms with Crippen molar-refractivity contribution < 1.29 is 4.74 Å².